The molecule has 7 aromatic rings. The first-order valence-electron chi connectivity index (χ1n) is 17.6. The molecule has 1 unspecified atom stereocenters. The molecule has 6 aromatic carbocycles. The molecule has 0 amide bonds. The van der Waals surface area contributed by atoms with Gasteiger partial charge in [0.05, 0.1) is 11.4 Å². The van der Waals surface area contributed by atoms with E-state index in [1.165, 1.54) is 11.1 Å². The summed E-state index contributed by atoms with van der Waals surface area (Å²) < 4.78 is 1.99. The van der Waals surface area contributed by atoms with E-state index in [-0.39, 0.29) is 31.9 Å². The van der Waals surface area contributed by atoms with Crippen LogP contribution in [-0.2, 0) is 25.8 Å². The van der Waals surface area contributed by atoms with Crippen LogP contribution in [0.5, 0.6) is 0 Å². The quantitative estimate of drug-likeness (QED) is 0.111. The molecule has 0 fully saturated rings. The van der Waals surface area contributed by atoms with Crippen molar-refractivity contribution in [1.29, 1.82) is 0 Å². The van der Waals surface area contributed by atoms with Crippen molar-refractivity contribution in [2.24, 2.45) is 0 Å². The molecule has 0 saturated carbocycles. The Balaban J connectivity index is 0.000000335. The SMILES string of the molecule is CC(C)c1cccc(C(C)C)c1[N-]C(c1ccccc1)c1cc(-c2ccccc2)n(-c2[c-]cccc2)n1.[CH2-]c1ccccc1.[CH2-]c1ccccc1.[Hf+4]. The van der Waals surface area contributed by atoms with Gasteiger partial charge in [0, 0.05) is 5.56 Å². The Labute approximate surface area is 330 Å². The molecule has 0 spiro atoms. The fourth-order valence-electron chi connectivity index (χ4n) is 5.74. The van der Waals surface area contributed by atoms with Crippen LogP contribution in [0.3, 0.4) is 0 Å². The molecule has 3 nitrogen and oxygen atoms in total. The second-order valence-corrected chi connectivity index (χ2v) is 13.0. The Morgan fingerprint density at radius 1 is 0.577 bits per heavy atom. The number of nitrogens with zero attached hydrogens (tertiary/aromatic N) is 3. The maximum Gasteiger partial charge on any atom is 4.00 e. The predicted octanol–water partition coefficient (Wildman–Crippen LogP) is 13.1. The number of rotatable bonds is 8. The summed E-state index contributed by atoms with van der Waals surface area (Å²) >= 11 is 0. The van der Waals surface area contributed by atoms with E-state index in [1.807, 2.05) is 95.7 Å². The third-order valence-electron chi connectivity index (χ3n) is 8.40. The molecular weight excluding hydrogens is 797 g/mol. The molecule has 0 radical (unpaired) electrons. The average Bonchev–Trinajstić information content (AvgIpc) is 3.61. The van der Waals surface area contributed by atoms with Crippen LogP contribution in [0.4, 0.5) is 5.69 Å². The number of aromatic nitrogens is 2. The number of hydrogen-bond donors (Lipinski definition) is 0. The molecular formula is C48H47HfN3. The van der Waals surface area contributed by atoms with E-state index in [2.05, 4.69) is 126 Å². The minimum absolute atomic E-state index is 0. The van der Waals surface area contributed by atoms with E-state index in [1.54, 1.807) is 0 Å². The van der Waals surface area contributed by atoms with Gasteiger partial charge in [0.2, 0.25) is 0 Å². The summed E-state index contributed by atoms with van der Waals surface area (Å²) in [7, 11) is 0. The Kier molecular flexibility index (Phi) is 15.4. The molecule has 0 bridgehead atoms. The van der Waals surface area contributed by atoms with Crippen LogP contribution in [0.2, 0.25) is 0 Å². The summed E-state index contributed by atoms with van der Waals surface area (Å²) in [6.45, 7) is 16.4. The van der Waals surface area contributed by atoms with Crippen molar-refractivity contribution in [2.75, 3.05) is 0 Å². The topological polar surface area (TPSA) is 31.9 Å². The Morgan fingerprint density at radius 2 is 1.06 bits per heavy atom. The van der Waals surface area contributed by atoms with Gasteiger partial charge in [-0.3, -0.25) is 4.68 Å². The first kappa shape index (κ1) is 39.7. The van der Waals surface area contributed by atoms with Gasteiger partial charge >= 0.3 is 25.8 Å². The predicted molar refractivity (Wildman–Crippen MR) is 216 cm³/mol. The van der Waals surface area contributed by atoms with Crippen molar-refractivity contribution in [3.63, 3.8) is 0 Å². The molecule has 7 rings (SSSR count). The van der Waals surface area contributed by atoms with Gasteiger partial charge in [-0.25, -0.2) is 0 Å². The summed E-state index contributed by atoms with van der Waals surface area (Å²) in [6.07, 6.45) is 0. The number of para-hydroxylation sites is 2. The van der Waals surface area contributed by atoms with Gasteiger partial charge in [-0.1, -0.05) is 135 Å². The van der Waals surface area contributed by atoms with Crippen LogP contribution in [0, 0.1) is 19.9 Å². The maximum absolute atomic E-state index is 5.50. The molecule has 4 heteroatoms. The molecule has 0 aliphatic heterocycles. The van der Waals surface area contributed by atoms with Gasteiger partial charge in [-0.15, -0.1) is 36.0 Å². The maximum atomic E-state index is 5.50. The van der Waals surface area contributed by atoms with Gasteiger partial charge < -0.3 is 5.32 Å². The first-order chi connectivity index (χ1) is 24.8. The van der Waals surface area contributed by atoms with E-state index in [4.69, 9.17) is 10.4 Å². The standard InChI is InChI=1S/C34H33N3.2C7H7.Hf/c1-24(2)29-21-14-22-30(25(3)4)34(29)35-33(27-17-10-6-11-18-27)31-23-32(26-15-8-5-9-16-26)37(36-31)28-19-12-7-13-20-28;2*1-7-5-3-2-4-6-7;/h5-19,21-25,33H,1-4H3;2*2-6H,1H2;/q-2;2*-1;+4. The zero-order valence-corrected chi connectivity index (χ0v) is 34.2. The molecule has 0 N–H and O–H groups in total. The van der Waals surface area contributed by atoms with Crippen molar-refractivity contribution in [1.82, 2.24) is 9.78 Å². The zero-order chi connectivity index (χ0) is 36.0. The summed E-state index contributed by atoms with van der Waals surface area (Å²) in [5.41, 5.74) is 10.8. The van der Waals surface area contributed by atoms with E-state index in [0.717, 1.165) is 45.0 Å². The van der Waals surface area contributed by atoms with Crippen LogP contribution >= 0.6 is 0 Å². The minimum atomic E-state index is -0.244. The van der Waals surface area contributed by atoms with E-state index < -0.39 is 0 Å². The molecule has 52 heavy (non-hydrogen) atoms. The number of benzene rings is 6. The smallest absolute Gasteiger partial charge is 0.673 e. The van der Waals surface area contributed by atoms with Crippen LogP contribution in [0.1, 0.15) is 79.1 Å². The average molecular weight is 844 g/mol. The molecule has 1 atom stereocenters. The van der Waals surface area contributed by atoms with Crippen LogP contribution in [-0.4, -0.2) is 9.78 Å². The molecule has 1 aromatic heterocycles. The van der Waals surface area contributed by atoms with Gasteiger partial charge in [0.1, 0.15) is 0 Å². The van der Waals surface area contributed by atoms with Crippen molar-refractivity contribution in [3.8, 4) is 16.9 Å². The second kappa shape index (κ2) is 20.1. The summed E-state index contributed by atoms with van der Waals surface area (Å²) in [6, 6.07) is 60.5. The summed E-state index contributed by atoms with van der Waals surface area (Å²) in [5.74, 6) is 0.732. The van der Waals surface area contributed by atoms with Crippen molar-refractivity contribution in [2.45, 2.75) is 45.6 Å². The second-order valence-electron chi connectivity index (χ2n) is 13.0. The largest absolute Gasteiger partial charge is 4.00 e. The molecule has 1 heterocycles. The van der Waals surface area contributed by atoms with Crippen molar-refractivity contribution in [3.05, 3.63) is 229 Å². The fourth-order valence-corrected chi connectivity index (χ4v) is 5.74. The molecule has 0 aliphatic carbocycles. The van der Waals surface area contributed by atoms with E-state index >= 15 is 0 Å². The van der Waals surface area contributed by atoms with Crippen LogP contribution in [0.15, 0.2) is 170 Å². The van der Waals surface area contributed by atoms with Crippen LogP contribution < -0.4 is 0 Å². The molecule has 0 aliphatic rings. The fraction of sp³-hybridized carbons (Fsp3) is 0.146. The Bertz CT molecular complexity index is 1900. The summed E-state index contributed by atoms with van der Waals surface area (Å²) in [4.78, 5) is 0. The third kappa shape index (κ3) is 11.0. The Hall–Kier alpha value is -5.06. The van der Waals surface area contributed by atoms with Crippen LogP contribution in [0.25, 0.3) is 22.3 Å². The van der Waals surface area contributed by atoms with Gasteiger partial charge in [-0.2, -0.15) is 78.6 Å². The Morgan fingerprint density at radius 3 is 1.50 bits per heavy atom. The molecule has 0 saturated heterocycles. The van der Waals surface area contributed by atoms with Gasteiger partial charge in [0.25, 0.3) is 0 Å². The van der Waals surface area contributed by atoms with E-state index in [9.17, 15) is 0 Å². The zero-order valence-electron chi connectivity index (χ0n) is 30.7. The number of hydrogen-bond acceptors (Lipinski definition) is 1. The van der Waals surface area contributed by atoms with Gasteiger partial charge in [-0.05, 0) is 29.6 Å². The van der Waals surface area contributed by atoms with E-state index in [0.29, 0.717) is 11.8 Å². The monoisotopic (exact) mass is 845 g/mol. The van der Waals surface area contributed by atoms with Crippen molar-refractivity contribution >= 4 is 5.69 Å². The summed E-state index contributed by atoms with van der Waals surface area (Å²) in [5, 5.41) is 10.7. The van der Waals surface area contributed by atoms with Crippen molar-refractivity contribution < 1.29 is 25.8 Å². The molecule has 258 valence electrons. The normalized spacial score (nSPS) is 11.0. The minimum Gasteiger partial charge on any atom is -0.673 e. The third-order valence-corrected chi connectivity index (χ3v) is 8.40. The van der Waals surface area contributed by atoms with Gasteiger partial charge in [0.15, 0.2) is 0 Å². The first-order valence-corrected chi connectivity index (χ1v) is 17.6.